The van der Waals surface area contributed by atoms with Gasteiger partial charge in [-0.2, -0.15) is 0 Å². The van der Waals surface area contributed by atoms with Crippen LogP contribution >= 0.6 is 0 Å². The second kappa shape index (κ2) is 8.81. The second-order valence-electron chi connectivity index (χ2n) is 5.10. The minimum atomic E-state index is -0.144. The quantitative estimate of drug-likeness (QED) is 0.516. The summed E-state index contributed by atoms with van der Waals surface area (Å²) in [6.45, 7) is 2.23. The molecule has 1 rings (SSSR count). The molecule has 16 heavy (non-hydrogen) atoms. The van der Waals surface area contributed by atoms with E-state index < -0.39 is 0 Å². The lowest BCUT2D eigenvalue weighted by molar-refractivity contribution is 0.190. The molecule has 94 valence electrons. The predicted octanol–water partition coefficient (Wildman–Crippen LogP) is 4.60. The third kappa shape index (κ3) is 5.69. The van der Waals surface area contributed by atoms with E-state index in [9.17, 15) is 5.11 Å². The van der Waals surface area contributed by atoms with Crippen LogP contribution in [0.1, 0.15) is 77.6 Å². The molecule has 1 N–H and O–H groups in total. The van der Waals surface area contributed by atoms with E-state index >= 15 is 0 Å². The van der Waals surface area contributed by atoms with Gasteiger partial charge in [-0.3, -0.25) is 0 Å². The maximum absolute atomic E-state index is 10.1. The maximum atomic E-state index is 10.1. The maximum Gasteiger partial charge on any atom is 0.0750 e. The highest BCUT2D eigenvalue weighted by Crippen LogP contribution is 2.22. The zero-order valence-corrected chi connectivity index (χ0v) is 10.9. The number of aliphatic hydroxyl groups excluding tert-OH is 1. The van der Waals surface area contributed by atoms with E-state index in [1.807, 2.05) is 0 Å². The normalized spacial score (nSPS) is 19.8. The molecular formula is C15H28O. The number of aliphatic hydroxyl groups is 1. The molecule has 0 radical (unpaired) electrons. The van der Waals surface area contributed by atoms with E-state index in [4.69, 9.17) is 0 Å². The van der Waals surface area contributed by atoms with Crippen LogP contribution in [0.4, 0.5) is 0 Å². The highest BCUT2D eigenvalue weighted by Gasteiger charge is 2.11. The summed E-state index contributed by atoms with van der Waals surface area (Å²) >= 11 is 0. The SMILES string of the molecule is CCCCCCC(O)C1=CCCCCCC1. The molecule has 0 fully saturated rings. The number of hydrogen-bond donors (Lipinski definition) is 1. The van der Waals surface area contributed by atoms with Gasteiger partial charge < -0.3 is 5.11 Å². The Balaban J connectivity index is 2.24. The van der Waals surface area contributed by atoms with Crippen molar-refractivity contribution in [3.63, 3.8) is 0 Å². The molecule has 0 spiro atoms. The number of rotatable bonds is 6. The highest BCUT2D eigenvalue weighted by molar-refractivity contribution is 5.08. The number of allylic oxidation sites excluding steroid dienone is 1. The monoisotopic (exact) mass is 224 g/mol. The Morgan fingerprint density at radius 1 is 1.12 bits per heavy atom. The molecule has 0 aromatic carbocycles. The molecule has 0 bridgehead atoms. The standard InChI is InChI=1S/C15H28O/c1-2-3-4-10-13-15(16)14-11-8-6-5-7-9-12-14/h11,15-16H,2-10,12-13H2,1H3. The lowest BCUT2D eigenvalue weighted by Crippen LogP contribution is -2.11. The first-order valence-electron chi connectivity index (χ1n) is 7.21. The molecule has 1 aliphatic carbocycles. The Morgan fingerprint density at radius 3 is 2.75 bits per heavy atom. The van der Waals surface area contributed by atoms with Crippen LogP contribution in [-0.4, -0.2) is 11.2 Å². The Kier molecular flexibility index (Phi) is 7.58. The minimum absolute atomic E-state index is 0.144. The van der Waals surface area contributed by atoms with E-state index in [0.717, 1.165) is 12.8 Å². The van der Waals surface area contributed by atoms with Gasteiger partial charge in [-0.05, 0) is 37.7 Å². The van der Waals surface area contributed by atoms with Crippen molar-refractivity contribution in [3.05, 3.63) is 11.6 Å². The lowest BCUT2D eigenvalue weighted by atomic mass is 9.94. The number of hydrogen-bond acceptors (Lipinski definition) is 1. The van der Waals surface area contributed by atoms with Gasteiger partial charge in [0.15, 0.2) is 0 Å². The van der Waals surface area contributed by atoms with E-state index in [1.54, 1.807) is 0 Å². The van der Waals surface area contributed by atoms with Gasteiger partial charge >= 0.3 is 0 Å². The molecule has 0 saturated heterocycles. The van der Waals surface area contributed by atoms with Crippen molar-refractivity contribution in [2.75, 3.05) is 0 Å². The zero-order valence-electron chi connectivity index (χ0n) is 10.9. The van der Waals surface area contributed by atoms with Crippen molar-refractivity contribution in [1.29, 1.82) is 0 Å². The van der Waals surface area contributed by atoms with Crippen LogP contribution in [0.15, 0.2) is 11.6 Å². The van der Waals surface area contributed by atoms with Gasteiger partial charge in [0.05, 0.1) is 6.10 Å². The predicted molar refractivity (Wildman–Crippen MR) is 70.6 cm³/mol. The van der Waals surface area contributed by atoms with E-state index in [2.05, 4.69) is 13.0 Å². The van der Waals surface area contributed by atoms with Gasteiger partial charge in [0.2, 0.25) is 0 Å². The van der Waals surface area contributed by atoms with Crippen LogP contribution in [0.3, 0.4) is 0 Å². The van der Waals surface area contributed by atoms with Crippen molar-refractivity contribution < 1.29 is 5.11 Å². The van der Waals surface area contributed by atoms with Crippen molar-refractivity contribution in [2.24, 2.45) is 0 Å². The first-order valence-corrected chi connectivity index (χ1v) is 7.21. The molecule has 1 heteroatoms. The van der Waals surface area contributed by atoms with E-state index in [0.29, 0.717) is 0 Å². The molecule has 0 amide bonds. The van der Waals surface area contributed by atoms with Crippen LogP contribution in [0, 0.1) is 0 Å². The van der Waals surface area contributed by atoms with Crippen LogP contribution in [0.5, 0.6) is 0 Å². The summed E-state index contributed by atoms with van der Waals surface area (Å²) in [6.07, 6.45) is 15.8. The fourth-order valence-electron chi connectivity index (χ4n) is 2.47. The third-order valence-electron chi connectivity index (χ3n) is 3.59. The van der Waals surface area contributed by atoms with Gasteiger partial charge in [-0.15, -0.1) is 0 Å². The summed E-state index contributed by atoms with van der Waals surface area (Å²) in [6, 6.07) is 0. The minimum Gasteiger partial charge on any atom is -0.389 e. The first kappa shape index (κ1) is 13.8. The molecule has 0 aromatic rings. The molecule has 0 saturated carbocycles. The Hall–Kier alpha value is -0.300. The van der Waals surface area contributed by atoms with Crippen molar-refractivity contribution >= 4 is 0 Å². The van der Waals surface area contributed by atoms with Gasteiger partial charge in [0.1, 0.15) is 0 Å². The molecule has 1 unspecified atom stereocenters. The van der Waals surface area contributed by atoms with Gasteiger partial charge in [-0.1, -0.05) is 51.5 Å². The summed E-state index contributed by atoms with van der Waals surface area (Å²) in [7, 11) is 0. The summed E-state index contributed by atoms with van der Waals surface area (Å²) in [5.41, 5.74) is 1.33. The number of unbranched alkanes of at least 4 members (excludes halogenated alkanes) is 3. The Morgan fingerprint density at radius 2 is 1.94 bits per heavy atom. The van der Waals surface area contributed by atoms with Crippen LogP contribution in [-0.2, 0) is 0 Å². The third-order valence-corrected chi connectivity index (χ3v) is 3.59. The van der Waals surface area contributed by atoms with Gasteiger partial charge in [0, 0.05) is 0 Å². The Labute approximate surface area is 101 Å². The van der Waals surface area contributed by atoms with Crippen molar-refractivity contribution in [1.82, 2.24) is 0 Å². The highest BCUT2D eigenvalue weighted by atomic mass is 16.3. The average molecular weight is 224 g/mol. The summed E-state index contributed by atoms with van der Waals surface area (Å²) in [5, 5.41) is 10.1. The summed E-state index contributed by atoms with van der Waals surface area (Å²) in [4.78, 5) is 0. The molecule has 1 aliphatic rings. The van der Waals surface area contributed by atoms with Gasteiger partial charge in [-0.25, -0.2) is 0 Å². The molecule has 1 atom stereocenters. The summed E-state index contributed by atoms with van der Waals surface area (Å²) in [5.74, 6) is 0. The molecule has 0 aromatic heterocycles. The molecule has 1 nitrogen and oxygen atoms in total. The first-order chi connectivity index (χ1) is 7.84. The molecule has 0 heterocycles. The Bertz CT molecular complexity index is 196. The van der Waals surface area contributed by atoms with Crippen molar-refractivity contribution in [3.8, 4) is 0 Å². The van der Waals surface area contributed by atoms with E-state index in [1.165, 1.54) is 63.4 Å². The van der Waals surface area contributed by atoms with Crippen LogP contribution in [0.25, 0.3) is 0 Å². The lowest BCUT2D eigenvalue weighted by Gasteiger charge is -2.17. The van der Waals surface area contributed by atoms with E-state index in [-0.39, 0.29) is 6.10 Å². The topological polar surface area (TPSA) is 20.2 Å². The largest absolute Gasteiger partial charge is 0.389 e. The zero-order chi connectivity index (χ0) is 11.6. The summed E-state index contributed by atoms with van der Waals surface area (Å²) < 4.78 is 0. The fourth-order valence-corrected chi connectivity index (χ4v) is 2.47. The smallest absolute Gasteiger partial charge is 0.0750 e. The van der Waals surface area contributed by atoms with Crippen LogP contribution in [0.2, 0.25) is 0 Å². The average Bonchev–Trinajstić information content (AvgIpc) is 2.23. The van der Waals surface area contributed by atoms with Gasteiger partial charge in [0.25, 0.3) is 0 Å². The van der Waals surface area contributed by atoms with Crippen molar-refractivity contribution in [2.45, 2.75) is 83.7 Å². The van der Waals surface area contributed by atoms with Crippen LogP contribution < -0.4 is 0 Å². The molecule has 0 aliphatic heterocycles. The fraction of sp³-hybridized carbons (Fsp3) is 0.867. The second-order valence-corrected chi connectivity index (χ2v) is 5.10. The molecular weight excluding hydrogens is 196 g/mol.